The van der Waals surface area contributed by atoms with Gasteiger partial charge in [-0.1, -0.05) is 12.6 Å². The zero-order valence-corrected chi connectivity index (χ0v) is 4.97. The van der Waals surface area contributed by atoms with E-state index in [0.717, 1.165) is 6.26 Å². The van der Waals surface area contributed by atoms with E-state index in [1.807, 2.05) is 0 Å². The molecule has 0 aromatic heterocycles. The van der Waals surface area contributed by atoms with E-state index in [1.165, 1.54) is 0 Å². The standard InChI is InChI=1S/C2H5O2S2/c1-6(3,4)2-5/h2H2,1H3. The van der Waals surface area contributed by atoms with Crippen LogP contribution in [0.25, 0.3) is 0 Å². The average molecular weight is 125 g/mol. The first-order valence-corrected chi connectivity index (χ1v) is 3.96. The summed E-state index contributed by atoms with van der Waals surface area (Å²) < 4.78 is 19.8. The van der Waals surface area contributed by atoms with Crippen molar-refractivity contribution in [3.05, 3.63) is 0 Å². The third-order valence-corrected chi connectivity index (χ3v) is 1.93. The molecule has 0 aliphatic heterocycles. The molecule has 0 amide bonds. The quantitative estimate of drug-likeness (QED) is 0.501. The van der Waals surface area contributed by atoms with Gasteiger partial charge in [0.15, 0.2) is 9.84 Å². The summed E-state index contributed by atoms with van der Waals surface area (Å²) in [4.78, 5) is 0. The summed E-state index contributed by atoms with van der Waals surface area (Å²) in [6.45, 7) is 0. The van der Waals surface area contributed by atoms with Gasteiger partial charge in [-0.3, -0.25) is 0 Å². The Bertz CT molecular complexity index is 112. The molecule has 6 heavy (non-hydrogen) atoms. The molecule has 2 nitrogen and oxygen atoms in total. The Morgan fingerprint density at radius 3 is 1.83 bits per heavy atom. The molecule has 0 aromatic rings. The van der Waals surface area contributed by atoms with E-state index in [0.29, 0.717) is 0 Å². The molecule has 0 bridgehead atoms. The highest BCUT2D eigenvalue weighted by molar-refractivity contribution is 8.03. The minimum atomic E-state index is -2.85. The molecule has 4 heteroatoms. The Balaban J connectivity index is 3.85. The predicted molar refractivity (Wildman–Crippen MR) is 27.3 cm³/mol. The number of sulfone groups is 1. The predicted octanol–water partition coefficient (Wildman–Crippen LogP) is 0.186. The molecule has 37 valence electrons. The lowest BCUT2D eigenvalue weighted by Gasteiger charge is -1.79. The molecule has 0 heterocycles. The van der Waals surface area contributed by atoms with Crippen molar-refractivity contribution in [1.29, 1.82) is 0 Å². The summed E-state index contributed by atoms with van der Waals surface area (Å²) in [5, 5.41) is -0.174. The zero-order chi connectivity index (χ0) is 5.21. The van der Waals surface area contributed by atoms with Crippen molar-refractivity contribution in [3.8, 4) is 0 Å². The second-order valence-corrected chi connectivity index (χ2v) is 3.84. The van der Waals surface area contributed by atoms with Crippen LogP contribution in [0.15, 0.2) is 0 Å². The second kappa shape index (κ2) is 1.84. The monoisotopic (exact) mass is 125 g/mol. The van der Waals surface area contributed by atoms with Gasteiger partial charge >= 0.3 is 0 Å². The molecule has 0 N–H and O–H groups in total. The van der Waals surface area contributed by atoms with Crippen molar-refractivity contribution in [2.45, 2.75) is 0 Å². The molecule has 0 fully saturated rings. The van der Waals surface area contributed by atoms with Crippen LogP contribution < -0.4 is 0 Å². The molecule has 0 rings (SSSR count). The van der Waals surface area contributed by atoms with Crippen LogP contribution in [0, 0.1) is 0 Å². The van der Waals surface area contributed by atoms with E-state index in [1.54, 1.807) is 0 Å². The van der Waals surface area contributed by atoms with E-state index in [9.17, 15) is 8.42 Å². The van der Waals surface area contributed by atoms with Crippen molar-refractivity contribution in [2.24, 2.45) is 0 Å². The zero-order valence-electron chi connectivity index (χ0n) is 3.34. The Kier molecular flexibility index (Phi) is 1.93. The van der Waals surface area contributed by atoms with Gasteiger partial charge in [0.1, 0.15) is 5.08 Å². The molecule has 0 atom stereocenters. The van der Waals surface area contributed by atoms with Gasteiger partial charge in [0, 0.05) is 6.26 Å². The van der Waals surface area contributed by atoms with Crippen molar-refractivity contribution in [2.75, 3.05) is 11.3 Å². The van der Waals surface area contributed by atoms with Gasteiger partial charge in [0.25, 0.3) is 0 Å². The van der Waals surface area contributed by atoms with Crippen molar-refractivity contribution in [3.63, 3.8) is 0 Å². The Morgan fingerprint density at radius 2 is 1.83 bits per heavy atom. The third-order valence-electron chi connectivity index (χ3n) is 0.214. The molecule has 0 aliphatic carbocycles. The van der Waals surface area contributed by atoms with Crippen LogP contribution in [0.5, 0.6) is 0 Å². The fraction of sp³-hybridized carbons (Fsp3) is 1.00. The number of hydrogen-bond acceptors (Lipinski definition) is 2. The van der Waals surface area contributed by atoms with E-state index in [-0.39, 0.29) is 5.08 Å². The van der Waals surface area contributed by atoms with Crippen molar-refractivity contribution < 1.29 is 8.42 Å². The highest BCUT2D eigenvalue weighted by Gasteiger charge is 1.92. The lowest BCUT2D eigenvalue weighted by Crippen LogP contribution is -1.94. The van der Waals surface area contributed by atoms with Gasteiger partial charge in [-0.15, -0.1) is 0 Å². The van der Waals surface area contributed by atoms with Crippen LogP contribution in [-0.4, -0.2) is 19.8 Å². The van der Waals surface area contributed by atoms with Gasteiger partial charge in [0.05, 0.1) is 0 Å². The molecule has 0 saturated carbocycles. The van der Waals surface area contributed by atoms with Crippen molar-refractivity contribution >= 4 is 22.5 Å². The summed E-state index contributed by atoms with van der Waals surface area (Å²) in [5.41, 5.74) is 0. The first-order chi connectivity index (χ1) is 2.56. The first kappa shape index (κ1) is 6.30. The Labute approximate surface area is 42.9 Å². The maximum absolute atomic E-state index is 9.90. The third kappa shape index (κ3) is 4.30. The normalized spacial score (nSPS) is 11.7. The fourth-order valence-electron chi connectivity index (χ4n) is 0. The maximum atomic E-state index is 9.90. The van der Waals surface area contributed by atoms with E-state index < -0.39 is 9.84 Å². The van der Waals surface area contributed by atoms with E-state index >= 15 is 0 Å². The van der Waals surface area contributed by atoms with Crippen LogP contribution in [0.1, 0.15) is 0 Å². The van der Waals surface area contributed by atoms with Gasteiger partial charge in [-0.2, -0.15) is 0 Å². The summed E-state index contributed by atoms with van der Waals surface area (Å²) in [7, 11) is -2.85. The molecular weight excluding hydrogens is 120 g/mol. The smallest absolute Gasteiger partial charge is 0.157 e. The molecular formula is C2H5O2S2. The highest BCUT2D eigenvalue weighted by Crippen LogP contribution is 1.82. The number of hydrogen-bond donors (Lipinski definition) is 0. The van der Waals surface area contributed by atoms with Crippen LogP contribution in [0.4, 0.5) is 0 Å². The minimum absolute atomic E-state index is 0.174. The fourth-order valence-corrected chi connectivity index (χ4v) is 0. The lowest BCUT2D eigenvalue weighted by atomic mass is 11.9. The van der Waals surface area contributed by atoms with Gasteiger partial charge in [-0.05, 0) is 0 Å². The maximum Gasteiger partial charge on any atom is 0.157 e. The molecule has 0 aromatic carbocycles. The topological polar surface area (TPSA) is 34.1 Å². The SMILES string of the molecule is CS(=O)(=O)C[S]. The van der Waals surface area contributed by atoms with Gasteiger partial charge < -0.3 is 0 Å². The van der Waals surface area contributed by atoms with E-state index in [4.69, 9.17) is 0 Å². The van der Waals surface area contributed by atoms with Crippen LogP contribution in [0.3, 0.4) is 0 Å². The number of rotatable bonds is 1. The second-order valence-electron chi connectivity index (χ2n) is 1.04. The molecule has 0 unspecified atom stereocenters. The Hall–Kier alpha value is 0.300. The molecule has 0 saturated heterocycles. The Morgan fingerprint density at radius 1 is 1.67 bits per heavy atom. The summed E-state index contributed by atoms with van der Waals surface area (Å²) in [6, 6.07) is 0. The summed E-state index contributed by atoms with van der Waals surface area (Å²) >= 11 is 4.20. The molecule has 0 aliphatic rings. The van der Waals surface area contributed by atoms with Crippen LogP contribution in [0.2, 0.25) is 0 Å². The minimum Gasteiger partial charge on any atom is -0.228 e. The highest BCUT2D eigenvalue weighted by atomic mass is 32.2. The molecule has 0 spiro atoms. The average Bonchev–Trinajstić information content (AvgIpc) is 1.35. The van der Waals surface area contributed by atoms with Crippen molar-refractivity contribution in [1.82, 2.24) is 0 Å². The summed E-state index contributed by atoms with van der Waals surface area (Å²) in [6.07, 6.45) is 1.11. The summed E-state index contributed by atoms with van der Waals surface area (Å²) in [5.74, 6) is 0. The van der Waals surface area contributed by atoms with Gasteiger partial charge in [-0.25, -0.2) is 8.42 Å². The first-order valence-electron chi connectivity index (χ1n) is 1.32. The van der Waals surface area contributed by atoms with E-state index in [2.05, 4.69) is 12.6 Å². The van der Waals surface area contributed by atoms with Crippen LogP contribution in [-0.2, 0) is 9.84 Å². The lowest BCUT2D eigenvalue weighted by molar-refractivity contribution is 0.606. The molecule has 1 radical (unpaired) electrons. The largest absolute Gasteiger partial charge is 0.228 e. The van der Waals surface area contributed by atoms with Gasteiger partial charge in [0.2, 0.25) is 0 Å². The van der Waals surface area contributed by atoms with Crippen LogP contribution >= 0.6 is 12.6 Å².